The van der Waals surface area contributed by atoms with Crippen LogP contribution in [-0.4, -0.2) is 28.7 Å². The van der Waals surface area contributed by atoms with E-state index in [0.717, 1.165) is 107 Å². The van der Waals surface area contributed by atoms with Crippen molar-refractivity contribution in [2.45, 2.75) is 0 Å². The van der Waals surface area contributed by atoms with Crippen LogP contribution in [0, 0.1) is 6.57 Å². The van der Waals surface area contributed by atoms with Crippen molar-refractivity contribution in [1.29, 1.82) is 0 Å². The van der Waals surface area contributed by atoms with E-state index in [9.17, 15) is 12.1 Å². The Morgan fingerprint density at radius 3 is 1.36 bits per heavy atom. The molecule has 9 nitrogen and oxygen atoms in total. The van der Waals surface area contributed by atoms with Gasteiger partial charge < -0.3 is 22.5 Å². The molecular weight excluding hydrogens is 1220 g/mol. The first kappa shape index (κ1) is 45.2. The summed E-state index contributed by atoms with van der Waals surface area (Å²) in [5.41, 5.74) is 11.0. The molecule has 0 bridgehead atoms. The molecule has 7 aromatic heterocycles. The first-order chi connectivity index (χ1) is 52.7. The lowest BCUT2D eigenvalue weighted by Crippen LogP contribution is -2.12. The largest absolute Gasteiger partial charge is 0.455 e. The summed E-state index contributed by atoms with van der Waals surface area (Å²) in [6, 6.07) is 72.9. The molecule has 7 heterocycles. The molecule has 0 N–H and O–H groups in total. The van der Waals surface area contributed by atoms with Gasteiger partial charge in [-0.3, -0.25) is 0 Å². The molecule has 0 aliphatic heterocycles. The maximum Gasteiger partial charge on any atom is 0.213 e. The fourth-order valence-corrected chi connectivity index (χ4v) is 16.4. The SMILES string of the molecule is [2H]c1c([2H])c([2H])c(-c2nc(-c3cc([N+]#[C-])c(-n4c5ccc(-c6ccccc6)cc5c5c6oc7ccccc7c6ccc54)c(-n4c5ccccc5c5c6sc7ccccc7c6ccc54)c3-n3c4ccc(-c5ccccc5)cc4c4c5oc6ccccc6c5ccc43)nc(-c3c([2H])c([2H])c([2H])c([2H])c3[2H])n2)c([2H])c1[2H]. The van der Waals surface area contributed by atoms with Gasteiger partial charge in [0.25, 0.3) is 0 Å². The van der Waals surface area contributed by atoms with Crippen LogP contribution >= 0.6 is 11.3 Å². The van der Waals surface area contributed by atoms with Crippen LogP contribution in [0.1, 0.15) is 13.7 Å². The maximum atomic E-state index is 9.98. The highest BCUT2D eigenvalue weighted by Crippen LogP contribution is 2.54. The Labute approximate surface area is 576 Å². The predicted octanol–water partition coefficient (Wildman–Crippen LogP) is 24.2. The molecule has 0 saturated heterocycles. The Kier molecular flexibility index (Phi) is 9.64. The molecule has 10 heteroatoms. The molecule has 98 heavy (non-hydrogen) atoms. The third-order valence-electron chi connectivity index (χ3n) is 19.3. The molecule has 0 aliphatic rings. The fraction of sp³-hybridized carbons (Fsp3) is 0. The number of thiophene rings is 1. The standard InChI is InChI=1S/C88H49N7O2S/c1-89-67-50-66(88-91-86(53-26-10-4-11-27-53)90-87(92-88)54-28-12-5-13-29-54)80(93-69-43-38-55(51-22-6-2-7-23-51)48-64(69)77-71(93)45-40-60-57-30-15-19-35-74(57)96-83(60)77)82(95-68-34-18-14-33-63(68)79-73(95)47-42-62-59-32-17-21-37-76(59)98-85(62)79)81(67)94-70-44-39-56(52-24-8-3-9-25-52)49-65(70)78-72(94)46-41-61-58-31-16-20-36-75(58)97-84(61)78/h2-50H/i4D,5D,10D,11D,12D,13D,26D,27D,28D,29D. The molecule has 0 unspecified atom stereocenters. The molecule has 0 aliphatic carbocycles. The Bertz CT molecular complexity index is 7520. The molecule has 0 radical (unpaired) electrons. The summed E-state index contributed by atoms with van der Waals surface area (Å²) < 4.78 is 115. The maximum absolute atomic E-state index is 9.98. The van der Waals surface area contributed by atoms with Gasteiger partial charge in [-0.25, -0.2) is 19.8 Å². The van der Waals surface area contributed by atoms with Gasteiger partial charge in [0.05, 0.1) is 81.2 Å². The molecule has 21 aromatic rings. The zero-order valence-corrected chi connectivity index (χ0v) is 52.2. The van der Waals surface area contributed by atoms with E-state index in [1.165, 1.54) is 0 Å². The monoisotopic (exact) mass is 1280 g/mol. The molecule has 21 rings (SSSR count). The summed E-state index contributed by atoms with van der Waals surface area (Å²) in [6.07, 6.45) is 0. The molecule has 0 saturated carbocycles. The Balaban J connectivity index is 1.04. The molecular formula is C88H49N7O2S. The third kappa shape index (κ3) is 7.84. The van der Waals surface area contributed by atoms with Crippen LogP contribution in [0.25, 0.3) is 208 Å². The van der Waals surface area contributed by atoms with Crippen LogP contribution in [0.15, 0.2) is 306 Å². The summed E-state index contributed by atoms with van der Waals surface area (Å²) in [5.74, 6) is -1.21. The van der Waals surface area contributed by atoms with E-state index in [0.29, 0.717) is 61.5 Å². The second-order valence-corrected chi connectivity index (χ2v) is 25.5. The highest BCUT2D eigenvalue weighted by molar-refractivity contribution is 7.26. The Morgan fingerprint density at radius 1 is 0.337 bits per heavy atom. The second kappa shape index (κ2) is 20.9. The minimum Gasteiger partial charge on any atom is -0.455 e. The van der Waals surface area contributed by atoms with Crippen molar-refractivity contribution >= 4 is 146 Å². The molecule has 0 atom stereocenters. The topological polar surface area (TPSA) is 84.1 Å². The number of fused-ring (bicyclic) bond motifs is 21. The van der Waals surface area contributed by atoms with E-state index in [4.69, 9.17) is 32.0 Å². The smallest absolute Gasteiger partial charge is 0.213 e. The fourth-order valence-electron chi connectivity index (χ4n) is 15.1. The zero-order valence-electron chi connectivity index (χ0n) is 61.4. The first-order valence-corrected chi connectivity index (χ1v) is 32.8. The minimum absolute atomic E-state index is 0.0641. The van der Waals surface area contributed by atoms with Crippen molar-refractivity contribution in [3.8, 4) is 73.5 Å². The van der Waals surface area contributed by atoms with E-state index < -0.39 is 83.2 Å². The second-order valence-electron chi connectivity index (χ2n) is 24.4. The Morgan fingerprint density at radius 2 is 0.786 bits per heavy atom. The molecule has 14 aromatic carbocycles. The van der Waals surface area contributed by atoms with Gasteiger partial charge >= 0.3 is 0 Å². The number of benzene rings is 14. The highest BCUT2D eigenvalue weighted by Gasteiger charge is 2.34. The van der Waals surface area contributed by atoms with Crippen molar-refractivity contribution in [1.82, 2.24) is 28.7 Å². The average molecular weight is 1280 g/mol. The zero-order chi connectivity index (χ0) is 73.0. The normalized spacial score (nSPS) is 13.5. The van der Waals surface area contributed by atoms with E-state index in [-0.39, 0.29) is 17.1 Å². The van der Waals surface area contributed by atoms with Crippen LogP contribution in [0.4, 0.5) is 5.69 Å². The predicted molar refractivity (Wildman–Crippen MR) is 404 cm³/mol. The highest BCUT2D eigenvalue weighted by atomic mass is 32.1. The number of aromatic nitrogens is 6. The summed E-state index contributed by atoms with van der Waals surface area (Å²) in [4.78, 5) is 20.1. The van der Waals surface area contributed by atoms with E-state index in [1.807, 2.05) is 103 Å². The molecule has 0 fully saturated rings. The van der Waals surface area contributed by atoms with E-state index in [2.05, 4.69) is 146 Å². The number of nitrogens with zero attached hydrogens (tertiary/aromatic N) is 7. The van der Waals surface area contributed by atoms with Gasteiger partial charge in [0.2, 0.25) is 5.69 Å². The minimum atomic E-state index is -0.696. The number of furan rings is 2. The van der Waals surface area contributed by atoms with Crippen LogP contribution in [0.3, 0.4) is 0 Å². The number of para-hydroxylation sites is 3. The Hall–Kier alpha value is -13.2. The molecule has 0 amide bonds. The van der Waals surface area contributed by atoms with Gasteiger partial charge in [0.15, 0.2) is 17.5 Å². The van der Waals surface area contributed by atoms with Gasteiger partial charge in [-0.15, -0.1) is 11.3 Å². The van der Waals surface area contributed by atoms with E-state index in [1.54, 1.807) is 17.4 Å². The van der Waals surface area contributed by atoms with Gasteiger partial charge in [0, 0.05) is 80.0 Å². The van der Waals surface area contributed by atoms with Gasteiger partial charge in [0.1, 0.15) is 22.3 Å². The first-order valence-electron chi connectivity index (χ1n) is 36.9. The summed E-state index contributed by atoms with van der Waals surface area (Å²) in [5, 5.41) is 10.6. The van der Waals surface area contributed by atoms with Crippen molar-refractivity contribution in [3.05, 3.63) is 308 Å². The van der Waals surface area contributed by atoms with Crippen LogP contribution < -0.4 is 0 Å². The van der Waals surface area contributed by atoms with Crippen LogP contribution in [-0.2, 0) is 0 Å². The molecule has 0 spiro atoms. The van der Waals surface area contributed by atoms with E-state index >= 15 is 0 Å². The summed E-state index contributed by atoms with van der Waals surface area (Å²) >= 11 is 1.69. The lowest BCUT2D eigenvalue weighted by atomic mass is 10.0. The van der Waals surface area contributed by atoms with Crippen LogP contribution in [0.2, 0.25) is 0 Å². The quantitative estimate of drug-likeness (QED) is 0.142. The number of hydrogen-bond donors (Lipinski definition) is 0. The number of hydrogen-bond acceptors (Lipinski definition) is 6. The lowest BCUT2D eigenvalue weighted by molar-refractivity contribution is 0.672. The van der Waals surface area contributed by atoms with Crippen molar-refractivity contribution < 1.29 is 22.5 Å². The average Bonchev–Trinajstić information content (AvgIpc) is 1.50. The third-order valence-corrected chi connectivity index (χ3v) is 20.5. The van der Waals surface area contributed by atoms with Crippen molar-refractivity contribution in [2.75, 3.05) is 0 Å². The van der Waals surface area contributed by atoms with Crippen molar-refractivity contribution in [3.63, 3.8) is 0 Å². The van der Waals surface area contributed by atoms with Crippen molar-refractivity contribution in [2.24, 2.45) is 0 Å². The number of rotatable bonds is 8. The summed E-state index contributed by atoms with van der Waals surface area (Å²) in [6.45, 7) is 9.98. The van der Waals surface area contributed by atoms with Gasteiger partial charge in [-0.2, -0.15) is 0 Å². The molecule has 454 valence electrons. The van der Waals surface area contributed by atoms with Gasteiger partial charge in [-0.1, -0.05) is 212 Å². The summed E-state index contributed by atoms with van der Waals surface area (Å²) in [7, 11) is 0. The lowest BCUT2D eigenvalue weighted by Gasteiger charge is -2.26. The van der Waals surface area contributed by atoms with Gasteiger partial charge in [-0.05, 0) is 107 Å². The van der Waals surface area contributed by atoms with Crippen LogP contribution in [0.5, 0.6) is 0 Å².